The molecule has 16 heteroatoms. The average molecular weight is 1090 g/mol. The summed E-state index contributed by atoms with van der Waals surface area (Å²) in [7, 11) is 0.908. The fraction of sp³-hybridized carbons (Fsp3) is 0.180. The quantitative estimate of drug-likeness (QED) is 0.0261. The van der Waals surface area contributed by atoms with Crippen LogP contribution in [-0.4, -0.2) is 77.7 Å². The zero-order valence-corrected chi connectivity index (χ0v) is 45.4. The van der Waals surface area contributed by atoms with E-state index in [-0.39, 0.29) is 86.2 Å². The number of fused-ring (bicyclic) bond motifs is 6. The second-order valence-electron chi connectivity index (χ2n) is 19.0. The van der Waals surface area contributed by atoms with E-state index in [4.69, 9.17) is 47.6 Å². The number of allylic oxidation sites excluding steroid dienone is 2. The van der Waals surface area contributed by atoms with Gasteiger partial charge in [0.05, 0.1) is 5.69 Å². The Labute approximate surface area is 457 Å². The Kier molecular flexibility index (Phi) is 16.3. The second kappa shape index (κ2) is 23.2. The maximum absolute atomic E-state index is 14.8. The number of amides is 1. The summed E-state index contributed by atoms with van der Waals surface area (Å²) in [6.45, 7) is 7.11. The van der Waals surface area contributed by atoms with Gasteiger partial charge in [-0.2, -0.15) is 0 Å². The van der Waals surface area contributed by atoms with E-state index in [1.165, 1.54) is 41.9 Å². The number of hydrogen-bond donors (Lipinski definition) is 2. The van der Waals surface area contributed by atoms with Gasteiger partial charge in [0.15, 0.2) is 11.5 Å². The Balaban J connectivity index is 1.18. The van der Waals surface area contributed by atoms with Crippen LogP contribution >= 0.6 is 30.5 Å². The molecule has 1 unspecified atom stereocenters. The average Bonchev–Trinajstić information content (AvgIpc) is 4.03. The molecule has 0 fully saturated rings. The number of esters is 3. The van der Waals surface area contributed by atoms with Crippen LogP contribution in [-0.2, 0) is 39.6 Å². The predicted octanol–water partition coefficient (Wildman–Crippen LogP) is 10.1. The zero-order valence-electron chi connectivity index (χ0n) is 42.9. The maximum atomic E-state index is 14.8. The van der Waals surface area contributed by atoms with Crippen molar-refractivity contribution in [3.8, 4) is 23.0 Å². The number of aromatic nitrogens is 1. The zero-order chi connectivity index (χ0) is 54.4. The van der Waals surface area contributed by atoms with Crippen LogP contribution in [0.15, 0.2) is 171 Å². The monoisotopic (exact) mass is 1090 g/mol. The molecule has 9 rings (SSSR count). The topological polar surface area (TPSA) is 160 Å². The molecule has 2 aliphatic rings. The van der Waals surface area contributed by atoms with Crippen LogP contribution in [0.3, 0.4) is 0 Å². The van der Waals surface area contributed by atoms with Crippen molar-refractivity contribution in [2.45, 2.75) is 39.1 Å². The van der Waals surface area contributed by atoms with Gasteiger partial charge in [0.2, 0.25) is 0 Å². The van der Waals surface area contributed by atoms with Crippen molar-refractivity contribution < 1.29 is 38.1 Å². The van der Waals surface area contributed by atoms with Crippen molar-refractivity contribution >= 4 is 75.9 Å². The van der Waals surface area contributed by atoms with E-state index in [0.717, 1.165) is 5.69 Å². The molecule has 1 aromatic heterocycles. The van der Waals surface area contributed by atoms with Crippen molar-refractivity contribution in [2.75, 3.05) is 33.3 Å². The van der Waals surface area contributed by atoms with Crippen molar-refractivity contribution in [1.82, 2.24) is 20.1 Å². The van der Waals surface area contributed by atoms with Gasteiger partial charge in [-0.15, -0.1) is 0 Å². The number of ether oxygens (including phenoxy) is 4. The van der Waals surface area contributed by atoms with E-state index in [1.54, 1.807) is 54.6 Å². The standard InChI is InChI=1S/C61H56Cl2N5O8P/c1-6-7-19-42(64)35-67(4)37-48-55-51(33-53(62)57(48)73-39(2)69)61(52-34-54(63)58(74-40(3)70)49(56(52)75-55)38-68(5)36-43-20-17-18-29-65-43)50-28-27-41(32-47(50)60(72)76-61)59(71)66-30-31-77(44-21-11-8-12-22-44,45-23-13-9-14-24-45)46-25-15-10-16-26-46/h6-29,32-34,64,77H,1,30-31,35-38H2,2-5H3,(H,66,71)/b19-7-,64-42?. The fourth-order valence-corrected chi connectivity index (χ4v) is 15.6. The van der Waals surface area contributed by atoms with Gasteiger partial charge in [-0.1, -0.05) is 48.0 Å². The second-order valence-corrected chi connectivity index (χ2v) is 23.9. The van der Waals surface area contributed by atoms with E-state index in [2.05, 4.69) is 53.3 Å². The third kappa shape index (κ3) is 11.0. The first-order valence-electron chi connectivity index (χ1n) is 24.9. The Morgan fingerprint density at radius 2 is 1.26 bits per heavy atom. The van der Waals surface area contributed by atoms with Gasteiger partial charge in [0.25, 0.3) is 0 Å². The fourth-order valence-electron chi connectivity index (χ4n) is 10.5. The Morgan fingerprint density at radius 3 is 1.77 bits per heavy atom. The van der Waals surface area contributed by atoms with Crippen molar-refractivity contribution in [3.05, 3.63) is 225 Å². The van der Waals surface area contributed by atoms with Crippen LogP contribution in [0.5, 0.6) is 23.0 Å². The summed E-state index contributed by atoms with van der Waals surface area (Å²) in [6, 6.07) is 44.8. The Bertz CT molecular complexity index is 3360. The molecule has 1 atom stereocenters. The molecule has 392 valence electrons. The summed E-state index contributed by atoms with van der Waals surface area (Å²) in [5, 5.41) is 15.4. The van der Waals surface area contributed by atoms with Crippen LogP contribution < -0.4 is 35.4 Å². The van der Waals surface area contributed by atoms with Crippen LogP contribution in [0, 0.1) is 5.41 Å². The third-order valence-corrected chi connectivity index (χ3v) is 19.1. The Morgan fingerprint density at radius 1 is 0.727 bits per heavy atom. The summed E-state index contributed by atoms with van der Waals surface area (Å²) in [6.07, 6.45) is 7.16. The van der Waals surface area contributed by atoms with Crippen molar-refractivity contribution in [3.63, 3.8) is 0 Å². The van der Waals surface area contributed by atoms with E-state index in [9.17, 15) is 19.2 Å². The van der Waals surface area contributed by atoms with Gasteiger partial charge < -0.3 is 14.9 Å². The molecular weight excluding hydrogens is 1030 g/mol. The number of nitrogens with one attached hydrogen (secondary N) is 2. The number of carbonyl (C=O) groups excluding carboxylic acids is 4. The predicted molar refractivity (Wildman–Crippen MR) is 304 cm³/mol. The number of benzene rings is 6. The van der Waals surface area contributed by atoms with Gasteiger partial charge >= 0.3 is 271 Å². The number of pyridine rings is 1. The van der Waals surface area contributed by atoms with E-state index < -0.39 is 36.7 Å². The number of nitrogens with zero attached hydrogens (tertiary/aromatic N) is 3. The molecule has 0 saturated carbocycles. The molecule has 13 nitrogen and oxygen atoms in total. The SMILES string of the molecule is C=C/C=C\C(=N)CN(C)Cc1c(OC(C)=O)c(Cl)cc2c1Oc1c(cc(Cl)c(OC(C)=O)c1CN(C)Cc1ccccn1)C21OC(=O)c2cc(C(=O)NCC[PH](c3ccccc3)(c3ccccc3)c3ccccc3)ccc21. The van der Waals surface area contributed by atoms with E-state index in [1.807, 2.05) is 84.7 Å². The number of halogens is 2. The van der Waals surface area contributed by atoms with Gasteiger partial charge in [0.1, 0.15) is 0 Å². The summed E-state index contributed by atoms with van der Waals surface area (Å²) in [5.74, 6) is -2.22. The molecule has 1 spiro atoms. The minimum atomic E-state index is -2.72. The number of rotatable bonds is 19. The summed E-state index contributed by atoms with van der Waals surface area (Å²) >= 11 is 14.4. The van der Waals surface area contributed by atoms with Crippen molar-refractivity contribution in [2.24, 2.45) is 0 Å². The molecule has 7 aromatic rings. The van der Waals surface area contributed by atoms with Gasteiger partial charge in [-0.05, 0) is 32.3 Å². The molecule has 3 heterocycles. The molecule has 0 saturated heterocycles. The molecule has 2 aliphatic heterocycles. The van der Waals surface area contributed by atoms with Gasteiger partial charge in [0, 0.05) is 51.9 Å². The molecule has 0 aliphatic carbocycles. The first-order chi connectivity index (χ1) is 37.1. The molecular formula is C61H56Cl2N5O8P. The number of carbonyl (C=O) groups is 4. The van der Waals surface area contributed by atoms with E-state index in [0.29, 0.717) is 30.4 Å². The third-order valence-electron chi connectivity index (χ3n) is 13.6. The first-order valence-corrected chi connectivity index (χ1v) is 27.8. The van der Waals surface area contributed by atoms with Gasteiger partial charge in [-0.25, -0.2) is 0 Å². The van der Waals surface area contributed by atoms with E-state index >= 15 is 0 Å². The van der Waals surface area contributed by atoms with Crippen molar-refractivity contribution in [1.29, 1.82) is 5.41 Å². The first kappa shape index (κ1) is 54.0. The number of hydrogen-bond acceptors (Lipinski definition) is 12. The van der Waals surface area contributed by atoms with Gasteiger partial charge in [-0.3, -0.25) is 24.4 Å². The molecule has 6 aromatic carbocycles. The summed E-state index contributed by atoms with van der Waals surface area (Å²) in [4.78, 5) is 63.3. The summed E-state index contributed by atoms with van der Waals surface area (Å²) in [5.41, 5.74) is 0.928. The van der Waals surface area contributed by atoms with Crippen LogP contribution in [0.2, 0.25) is 10.0 Å². The summed E-state index contributed by atoms with van der Waals surface area (Å²) < 4.78 is 25.5. The van der Waals surface area contributed by atoms with Crippen LogP contribution in [0.25, 0.3) is 0 Å². The normalized spacial score (nSPS) is 14.6. The molecule has 0 radical (unpaired) electrons. The Hall–Kier alpha value is -7.77. The van der Waals surface area contributed by atoms with Crippen LogP contribution in [0.1, 0.15) is 68.1 Å². The molecule has 1 amide bonds. The molecule has 0 bridgehead atoms. The molecule has 2 N–H and O–H groups in total. The van der Waals surface area contributed by atoms with Crippen LogP contribution in [0.4, 0.5) is 0 Å². The minimum absolute atomic E-state index is 0.00338. The molecule has 77 heavy (non-hydrogen) atoms.